The quantitative estimate of drug-likeness (QED) is 0.496. The normalized spacial score (nSPS) is 11.3. The number of aryl methyl sites for hydroxylation is 3. The summed E-state index contributed by atoms with van der Waals surface area (Å²) in [7, 11) is 3.48. The SMILES string of the molecule is COc1ccc(/C=C/C(=O)c2cnn(C)c2C)cc1Cn1nc(C)cc1C. The van der Waals surface area contributed by atoms with E-state index in [1.54, 1.807) is 24.1 Å². The highest BCUT2D eigenvalue weighted by Gasteiger charge is 2.11. The van der Waals surface area contributed by atoms with Crippen LogP contribution in [0.4, 0.5) is 0 Å². The van der Waals surface area contributed by atoms with Gasteiger partial charge in [0.25, 0.3) is 0 Å². The summed E-state index contributed by atoms with van der Waals surface area (Å²) in [5.41, 5.74) is 5.49. The lowest BCUT2D eigenvalue weighted by molar-refractivity contribution is 0.104. The van der Waals surface area contributed by atoms with Crippen LogP contribution in [0.15, 0.2) is 36.5 Å². The van der Waals surface area contributed by atoms with Crippen molar-refractivity contribution in [2.45, 2.75) is 27.3 Å². The molecule has 2 heterocycles. The monoisotopic (exact) mass is 364 g/mol. The van der Waals surface area contributed by atoms with Gasteiger partial charge in [-0.25, -0.2) is 0 Å². The van der Waals surface area contributed by atoms with Crippen LogP contribution < -0.4 is 4.74 Å². The second kappa shape index (κ2) is 7.61. The molecule has 6 heteroatoms. The Labute approximate surface area is 159 Å². The maximum atomic E-state index is 12.4. The molecule has 0 saturated carbocycles. The Morgan fingerprint density at radius 1 is 1.22 bits per heavy atom. The predicted molar refractivity (Wildman–Crippen MR) is 105 cm³/mol. The summed E-state index contributed by atoms with van der Waals surface area (Å²) in [5.74, 6) is 0.741. The highest BCUT2D eigenvalue weighted by atomic mass is 16.5. The highest BCUT2D eigenvalue weighted by molar-refractivity contribution is 6.07. The van der Waals surface area contributed by atoms with Gasteiger partial charge in [0.05, 0.1) is 31.1 Å². The number of hydrogen-bond acceptors (Lipinski definition) is 4. The van der Waals surface area contributed by atoms with Crippen LogP contribution >= 0.6 is 0 Å². The van der Waals surface area contributed by atoms with Gasteiger partial charge in [0.15, 0.2) is 5.78 Å². The minimum absolute atomic E-state index is 0.0588. The molecule has 3 aromatic rings. The Morgan fingerprint density at radius 3 is 2.59 bits per heavy atom. The molecule has 27 heavy (non-hydrogen) atoms. The van der Waals surface area contributed by atoms with Gasteiger partial charge in [0.2, 0.25) is 0 Å². The van der Waals surface area contributed by atoms with E-state index in [0.29, 0.717) is 12.1 Å². The van der Waals surface area contributed by atoms with Crippen LogP contribution in [-0.2, 0) is 13.6 Å². The van der Waals surface area contributed by atoms with Crippen molar-refractivity contribution in [3.8, 4) is 5.75 Å². The van der Waals surface area contributed by atoms with Crippen LogP contribution in [0.1, 0.15) is 38.6 Å². The Morgan fingerprint density at radius 2 is 2.00 bits per heavy atom. The maximum Gasteiger partial charge on any atom is 0.189 e. The number of ether oxygens (including phenoxy) is 1. The third kappa shape index (κ3) is 4.00. The van der Waals surface area contributed by atoms with E-state index in [9.17, 15) is 4.79 Å². The molecule has 0 atom stereocenters. The van der Waals surface area contributed by atoms with Crippen molar-refractivity contribution >= 4 is 11.9 Å². The molecule has 0 N–H and O–H groups in total. The zero-order valence-corrected chi connectivity index (χ0v) is 16.4. The lowest BCUT2D eigenvalue weighted by atomic mass is 10.1. The summed E-state index contributed by atoms with van der Waals surface area (Å²) in [5, 5.41) is 8.64. The largest absolute Gasteiger partial charge is 0.496 e. The molecule has 0 fully saturated rings. The van der Waals surface area contributed by atoms with Gasteiger partial charge in [-0.05, 0) is 50.6 Å². The Hall–Kier alpha value is -3.15. The summed E-state index contributed by atoms with van der Waals surface area (Å²) in [6, 6.07) is 7.92. The summed E-state index contributed by atoms with van der Waals surface area (Å²) in [6.45, 7) is 6.51. The Bertz CT molecular complexity index is 1010. The second-order valence-electron chi connectivity index (χ2n) is 6.62. The summed E-state index contributed by atoms with van der Waals surface area (Å²) in [6.07, 6.45) is 5.00. The van der Waals surface area contributed by atoms with E-state index in [2.05, 4.69) is 10.2 Å². The first-order valence-electron chi connectivity index (χ1n) is 8.78. The molecule has 0 aliphatic carbocycles. The van der Waals surface area contributed by atoms with E-state index in [1.807, 2.05) is 62.8 Å². The number of allylic oxidation sites excluding steroid dienone is 1. The van der Waals surface area contributed by atoms with Crippen molar-refractivity contribution in [2.75, 3.05) is 7.11 Å². The standard InChI is InChI=1S/C21H24N4O2/c1-14-10-15(2)25(23-14)13-18-11-17(7-9-21(18)27-5)6-8-20(26)19-12-22-24(4)16(19)3/h6-12H,13H2,1-5H3/b8-6+. The fraction of sp³-hybridized carbons (Fsp3) is 0.286. The first-order valence-corrected chi connectivity index (χ1v) is 8.78. The minimum Gasteiger partial charge on any atom is -0.496 e. The number of carbonyl (C=O) groups is 1. The number of methoxy groups -OCH3 is 1. The molecular formula is C21H24N4O2. The molecule has 0 bridgehead atoms. The smallest absolute Gasteiger partial charge is 0.189 e. The summed E-state index contributed by atoms with van der Waals surface area (Å²) in [4.78, 5) is 12.4. The topological polar surface area (TPSA) is 61.9 Å². The van der Waals surface area contributed by atoms with E-state index >= 15 is 0 Å². The maximum absolute atomic E-state index is 12.4. The van der Waals surface area contributed by atoms with Gasteiger partial charge in [0, 0.05) is 24.0 Å². The lowest BCUT2D eigenvalue weighted by Crippen LogP contribution is -2.05. The van der Waals surface area contributed by atoms with Gasteiger partial charge in [-0.3, -0.25) is 14.2 Å². The van der Waals surface area contributed by atoms with Crippen LogP contribution in [-0.4, -0.2) is 32.5 Å². The van der Waals surface area contributed by atoms with Crippen molar-refractivity contribution in [1.29, 1.82) is 0 Å². The fourth-order valence-corrected chi connectivity index (χ4v) is 3.02. The molecule has 1 aromatic carbocycles. The Kier molecular flexibility index (Phi) is 5.26. The van der Waals surface area contributed by atoms with E-state index in [0.717, 1.165) is 34.0 Å². The minimum atomic E-state index is -0.0588. The van der Waals surface area contributed by atoms with E-state index < -0.39 is 0 Å². The molecule has 0 radical (unpaired) electrons. The van der Waals surface area contributed by atoms with Crippen molar-refractivity contribution < 1.29 is 9.53 Å². The summed E-state index contributed by atoms with van der Waals surface area (Å²) >= 11 is 0. The van der Waals surface area contributed by atoms with E-state index in [-0.39, 0.29) is 5.78 Å². The molecule has 0 amide bonds. The van der Waals surface area contributed by atoms with Gasteiger partial charge in [-0.1, -0.05) is 12.1 Å². The van der Waals surface area contributed by atoms with Crippen LogP contribution in [0.3, 0.4) is 0 Å². The second-order valence-corrected chi connectivity index (χ2v) is 6.62. The molecular weight excluding hydrogens is 340 g/mol. The third-order valence-corrected chi connectivity index (χ3v) is 4.66. The van der Waals surface area contributed by atoms with Crippen LogP contribution in [0.5, 0.6) is 5.75 Å². The number of aromatic nitrogens is 4. The molecule has 0 saturated heterocycles. The van der Waals surface area contributed by atoms with Gasteiger partial charge in [0.1, 0.15) is 5.75 Å². The molecule has 0 aliphatic heterocycles. The summed E-state index contributed by atoms with van der Waals surface area (Å²) < 4.78 is 9.13. The lowest BCUT2D eigenvalue weighted by Gasteiger charge is -2.11. The molecule has 3 rings (SSSR count). The molecule has 0 aliphatic rings. The van der Waals surface area contributed by atoms with Gasteiger partial charge < -0.3 is 4.74 Å². The molecule has 140 valence electrons. The number of carbonyl (C=O) groups excluding carboxylic acids is 1. The molecule has 6 nitrogen and oxygen atoms in total. The van der Waals surface area contributed by atoms with Crippen LogP contribution in [0, 0.1) is 20.8 Å². The zero-order chi connectivity index (χ0) is 19.6. The Balaban J connectivity index is 1.85. The number of rotatable bonds is 6. The zero-order valence-electron chi connectivity index (χ0n) is 16.4. The van der Waals surface area contributed by atoms with Crippen molar-refractivity contribution in [2.24, 2.45) is 7.05 Å². The number of ketones is 1. The number of benzene rings is 1. The fourth-order valence-electron chi connectivity index (χ4n) is 3.02. The number of hydrogen-bond donors (Lipinski definition) is 0. The average Bonchev–Trinajstić information content (AvgIpc) is 3.14. The molecule has 2 aromatic heterocycles. The predicted octanol–water partition coefficient (Wildman–Crippen LogP) is 3.49. The van der Waals surface area contributed by atoms with Crippen molar-refractivity contribution in [3.05, 3.63) is 70.3 Å². The number of nitrogens with zero attached hydrogens (tertiary/aromatic N) is 4. The van der Waals surface area contributed by atoms with Gasteiger partial charge in [-0.15, -0.1) is 0 Å². The van der Waals surface area contributed by atoms with Crippen LogP contribution in [0.2, 0.25) is 0 Å². The molecule has 0 spiro atoms. The van der Waals surface area contributed by atoms with Crippen molar-refractivity contribution in [1.82, 2.24) is 19.6 Å². The van der Waals surface area contributed by atoms with E-state index in [1.165, 1.54) is 0 Å². The first-order chi connectivity index (χ1) is 12.9. The van der Waals surface area contributed by atoms with Gasteiger partial charge in [-0.2, -0.15) is 10.2 Å². The van der Waals surface area contributed by atoms with Crippen LogP contribution in [0.25, 0.3) is 6.08 Å². The highest BCUT2D eigenvalue weighted by Crippen LogP contribution is 2.22. The van der Waals surface area contributed by atoms with Gasteiger partial charge >= 0.3 is 0 Å². The average molecular weight is 364 g/mol. The van der Waals surface area contributed by atoms with Crippen molar-refractivity contribution in [3.63, 3.8) is 0 Å². The molecule has 0 unspecified atom stereocenters. The third-order valence-electron chi connectivity index (χ3n) is 4.66. The first kappa shape index (κ1) is 18.6. The van der Waals surface area contributed by atoms with E-state index in [4.69, 9.17) is 4.74 Å².